The smallest absolute Gasteiger partial charge is 0.243 e. The lowest BCUT2D eigenvalue weighted by Gasteiger charge is -2.24. The van der Waals surface area contributed by atoms with E-state index < -0.39 is 12.2 Å². The maximum Gasteiger partial charge on any atom is 0.243 e. The molecule has 0 unspecified atom stereocenters. The Hall–Kier alpha value is -4.86. The Labute approximate surface area is 242 Å². The van der Waals surface area contributed by atoms with Gasteiger partial charge in [0.05, 0.1) is 12.2 Å². The van der Waals surface area contributed by atoms with Crippen LogP contribution in [0.5, 0.6) is 0 Å². The SMILES string of the molecule is CC(=O)c1cn(CC(=O)N2C[C@H](F)C[C@H]2C(=O)NCCc2ccccc2)c2ccc(-c3cnc4cc(C)nn4c3)cc12. The molecule has 214 valence electrons. The molecule has 3 aromatic heterocycles. The highest BCUT2D eigenvalue weighted by Crippen LogP contribution is 2.29. The van der Waals surface area contributed by atoms with Crippen molar-refractivity contribution in [2.75, 3.05) is 13.1 Å². The molecule has 5 aromatic rings. The lowest BCUT2D eigenvalue weighted by atomic mass is 10.0. The molecule has 4 heterocycles. The number of hydrogen-bond donors (Lipinski definition) is 1. The highest BCUT2D eigenvalue weighted by Gasteiger charge is 2.39. The second-order valence-corrected chi connectivity index (χ2v) is 10.8. The van der Waals surface area contributed by atoms with E-state index in [1.54, 1.807) is 21.5 Å². The molecular weight excluding hydrogens is 535 g/mol. The Morgan fingerprint density at radius 3 is 2.64 bits per heavy atom. The van der Waals surface area contributed by atoms with Crippen molar-refractivity contribution in [1.82, 2.24) is 29.4 Å². The summed E-state index contributed by atoms with van der Waals surface area (Å²) in [6, 6.07) is 16.4. The third-order valence-electron chi connectivity index (χ3n) is 7.76. The number of nitrogens with one attached hydrogen (secondary N) is 1. The summed E-state index contributed by atoms with van der Waals surface area (Å²) in [6.07, 6.45) is 4.63. The first-order chi connectivity index (χ1) is 20.3. The molecule has 1 aliphatic rings. The Kier molecular flexibility index (Phi) is 7.28. The Morgan fingerprint density at radius 1 is 1.05 bits per heavy atom. The summed E-state index contributed by atoms with van der Waals surface area (Å²) in [5.74, 6) is -0.873. The van der Waals surface area contributed by atoms with Crippen molar-refractivity contribution in [3.63, 3.8) is 0 Å². The van der Waals surface area contributed by atoms with E-state index in [1.807, 2.05) is 67.7 Å². The normalized spacial score (nSPS) is 16.8. The van der Waals surface area contributed by atoms with Crippen LogP contribution in [-0.4, -0.2) is 67.0 Å². The number of likely N-dealkylation sites (tertiary alicyclic amines) is 1. The summed E-state index contributed by atoms with van der Waals surface area (Å²) in [5.41, 5.74) is 5.54. The maximum absolute atomic E-state index is 14.5. The highest BCUT2D eigenvalue weighted by atomic mass is 19.1. The van der Waals surface area contributed by atoms with Crippen molar-refractivity contribution in [1.29, 1.82) is 0 Å². The zero-order chi connectivity index (χ0) is 29.4. The van der Waals surface area contributed by atoms with Crippen molar-refractivity contribution in [3.8, 4) is 11.1 Å². The van der Waals surface area contributed by atoms with Crippen LogP contribution in [0.15, 0.2) is 73.2 Å². The minimum absolute atomic E-state index is 0.0362. The van der Waals surface area contributed by atoms with Gasteiger partial charge in [0.15, 0.2) is 11.4 Å². The van der Waals surface area contributed by atoms with Crippen LogP contribution in [0.25, 0.3) is 27.7 Å². The average Bonchev–Trinajstić information content (AvgIpc) is 3.66. The third-order valence-corrected chi connectivity index (χ3v) is 7.76. The molecule has 0 spiro atoms. The quantitative estimate of drug-likeness (QED) is 0.284. The van der Waals surface area contributed by atoms with Crippen molar-refractivity contribution in [2.45, 2.75) is 45.4 Å². The summed E-state index contributed by atoms with van der Waals surface area (Å²) >= 11 is 0. The monoisotopic (exact) mass is 566 g/mol. The van der Waals surface area contributed by atoms with Crippen LogP contribution in [0.2, 0.25) is 0 Å². The van der Waals surface area contributed by atoms with Crippen LogP contribution < -0.4 is 5.32 Å². The number of fused-ring (bicyclic) bond motifs is 2. The molecule has 1 aliphatic heterocycles. The van der Waals surface area contributed by atoms with E-state index >= 15 is 0 Å². The van der Waals surface area contributed by atoms with Gasteiger partial charge in [-0.25, -0.2) is 13.9 Å². The van der Waals surface area contributed by atoms with Gasteiger partial charge in [0, 0.05) is 59.7 Å². The number of rotatable bonds is 8. The van der Waals surface area contributed by atoms with Crippen molar-refractivity contribution in [2.24, 2.45) is 0 Å². The summed E-state index contributed by atoms with van der Waals surface area (Å²) in [5, 5.41) is 8.00. The summed E-state index contributed by atoms with van der Waals surface area (Å²) in [7, 11) is 0. The van der Waals surface area contributed by atoms with Crippen LogP contribution in [0.1, 0.15) is 35.0 Å². The molecule has 1 N–H and O–H groups in total. The number of Topliss-reactive ketones (excluding diaryl/α,β-unsaturated/α-hetero) is 1. The zero-order valence-electron chi connectivity index (χ0n) is 23.5. The van der Waals surface area contributed by atoms with Gasteiger partial charge in [-0.15, -0.1) is 0 Å². The molecule has 2 aromatic carbocycles. The lowest BCUT2D eigenvalue weighted by Crippen LogP contribution is -2.47. The molecule has 6 rings (SSSR count). The topological polar surface area (TPSA) is 102 Å². The molecule has 0 radical (unpaired) electrons. The van der Waals surface area contributed by atoms with Crippen LogP contribution in [0.4, 0.5) is 4.39 Å². The maximum atomic E-state index is 14.5. The minimum Gasteiger partial charge on any atom is -0.354 e. The van der Waals surface area contributed by atoms with Crippen molar-refractivity contribution >= 4 is 34.1 Å². The molecule has 0 aliphatic carbocycles. The van der Waals surface area contributed by atoms with Gasteiger partial charge in [0.2, 0.25) is 11.8 Å². The van der Waals surface area contributed by atoms with Crippen LogP contribution in [0, 0.1) is 6.92 Å². The summed E-state index contributed by atoms with van der Waals surface area (Å²) in [4.78, 5) is 44.8. The lowest BCUT2D eigenvalue weighted by molar-refractivity contribution is -0.138. The van der Waals surface area contributed by atoms with E-state index in [-0.39, 0.29) is 37.1 Å². The Morgan fingerprint density at radius 2 is 1.86 bits per heavy atom. The Balaban J connectivity index is 1.22. The number of benzene rings is 2. The van der Waals surface area contributed by atoms with Gasteiger partial charge < -0.3 is 14.8 Å². The van der Waals surface area contributed by atoms with Gasteiger partial charge in [0.1, 0.15) is 18.8 Å². The number of aromatic nitrogens is 4. The molecule has 0 bridgehead atoms. The summed E-state index contributed by atoms with van der Waals surface area (Å²) < 4.78 is 17.9. The fourth-order valence-corrected chi connectivity index (χ4v) is 5.67. The molecule has 2 atom stereocenters. The molecule has 2 amide bonds. The number of halogens is 1. The first-order valence-corrected chi connectivity index (χ1v) is 14.0. The van der Waals surface area contributed by atoms with E-state index in [4.69, 9.17) is 0 Å². The predicted molar refractivity (Wildman–Crippen MR) is 157 cm³/mol. The predicted octanol–water partition coefficient (Wildman–Crippen LogP) is 4.16. The number of alkyl halides is 1. The molecule has 42 heavy (non-hydrogen) atoms. The van der Waals surface area contributed by atoms with E-state index in [0.29, 0.717) is 29.4 Å². The van der Waals surface area contributed by atoms with Gasteiger partial charge in [0.25, 0.3) is 0 Å². The van der Waals surface area contributed by atoms with E-state index in [0.717, 1.165) is 28.0 Å². The fraction of sp³-hybridized carbons (Fsp3) is 0.281. The number of hydrogen-bond acceptors (Lipinski definition) is 5. The minimum atomic E-state index is -1.28. The number of nitrogens with zero attached hydrogens (tertiary/aromatic N) is 5. The molecule has 1 fully saturated rings. The second-order valence-electron chi connectivity index (χ2n) is 10.8. The highest BCUT2D eigenvalue weighted by molar-refractivity contribution is 6.08. The zero-order valence-corrected chi connectivity index (χ0v) is 23.5. The van der Waals surface area contributed by atoms with Crippen molar-refractivity contribution < 1.29 is 18.8 Å². The van der Waals surface area contributed by atoms with Gasteiger partial charge in [-0.05, 0) is 43.5 Å². The van der Waals surface area contributed by atoms with Crippen LogP contribution in [0.3, 0.4) is 0 Å². The summed E-state index contributed by atoms with van der Waals surface area (Å²) in [6.45, 7) is 3.52. The molecular formula is C32H31FN6O3. The average molecular weight is 567 g/mol. The number of ketones is 1. The van der Waals surface area contributed by atoms with Gasteiger partial charge in [-0.2, -0.15) is 5.10 Å². The number of aryl methyl sites for hydroxylation is 1. The fourth-order valence-electron chi connectivity index (χ4n) is 5.67. The van der Waals surface area contributed by atoms with Gasteiger partial charge in [-0.1, -0.05) is 36.4 Å². The van der Waals surface area contributed by atoms with Gasteiger partial charge >= 0.3 is 0 Å². The molecule has 10 heteroatoms. The van der Waals surface area contributed by atoms with Crippen molar-refractivity contribution in [3.05, 3.63) is 90.0 Å². The largest absolute Gasteiger partial charge is 0.354 e. The molecule has 9 nitrogen and oxygen atoms in total. The van der Waals surface area contributed by atoms with E-state index in [9.17, 15) is 18.8 Å². The number of carbonyl (C=O) groups excluding carboxylic acids is 3. The first-order valence-electron chi connectivity index (χ1n) is 14.0. The van der Waals surface area contributed by atoms with Crippen LogP contribution in [-0.2, 0) is 22.6 Å². The van der Waals surface area contributed by atoms with Gasteiger partial charge in [-0.3, -0.25) is 14.4 Å². The molecule has 1 saturated heterocycles. The Bertz CT molecular complexity index is 1810. The first kappa shape index (κ1) is 27.3. The number of carbonyl (C=O) groups is 3. The van der Waals surface area contributed by atoms with E-state index in [2.05, 4.69) is 15.4 Å². The van der Waals surface area contributed by atoms with Crippen LogP contribution >= 0.6 is 0 Å². The second kappa shape index (κ2) is 11.2. The van der Waals surface area contributed by atoms with E-state index in [1.165, 1.54) is 11.8 Å². The third kappa shape index (κ3) is 5.39. The number of amides is 2. The molecule has 0 saturated carbocycles. The standard InChI is InChI=1S/C32H31FN6O3/c1-20-12-30-35-15-24(16-39(30)36-20)23-8-9-28-26(13-23)27(21(2)40)18-37(28)19-31(41)38-17-25(33)14-29(38)32(42)34-11-10-22-6-4-3-5-7-22/h3-9,12-13,15-16,18,25,29H,10-11,14,17,19H2,1-2H3,(H,34,42)/t25-,29+/m1/s1.